The van der Waals surface area contributed by atoms with Crippen LogP contribution in [0.5, 0.6) is 0 Å². The number of aliphatic carboxylic acids is 1. The van der Waals surface area contributed by atoms with Crippen LogP contribution in [0.2, 0.25) is 5.02 Å². The van der Waals surface area contributed by atoms with Gasteiger partial charge < -0.3 is 10.4 Å². The molecule has 16 heavy (non-hydrogen) atoms. The van der Waals surface area contributed by atoms with Crippen molar-refractivity contribution in [2.24, 2.45) is 0 Å². The molecule has 1 amide bonds. The molecule has 0 saturated heterocycles. The molecule has 1 aromatic rings. The molecule has 0 fully saturated rings. The van der Waals surface area contributed by atoms with Crippen molar-refractivity contribution in [2.45, 2.75) is 12.5 Å². The lowest BCUT2D eigenvalue weighted by Crippen LogP contribution is -2.22. The lowest BCUT2D eigenvalue weighted by Gasteiger charge is -2.14. The fraction of sp³-hybridized carbons (Fsp3) is 0.200. The lowest BCUT2D eigenvalue weighted by atomic mass is 10.0. The maximum absolute atomic E-state index is 13.0. The molecule has 1 rings (SSSR count). The first kappa shape index (κ1) is 12.4. The fourth-order valence-corrected chi connectivity index (χ4v) is 1.54. The molecule has 0 aliphatic carbocycles. The molecule has 0 aliphatic rings. The van der Waals surface area contributed by atoms with Crippen LogP contribution in [0.25, 0.3) is 0 Å². The van der Waals surface area contributed by atoms with E-state index in [0.717, 1.165) is 12.1 Å². The van der Waals surface area contributed by atoms with E-state index in [0.29, 0.717) is 12.0 Å². The summed E-state index contributed by atoms with van der Waals surface area (Å²) < 4.78 is 13.0. The van der Waals surface area contributed by atoms with E-state index in [9.17, 15) is 14.0 Å². The fourth-order valence-electron chi connectivity index (χ4n) is 1.31. The van der Waals surface area contributed by atoms with Crippen LogP contribution in [0.15, 0.2) is 18.2 Å². The van der Waals surface area contributed by atoms with Gasteiger partial charge >= 0.3 is 5.97 Å². The number of hydrogen-bond acceptors (Lipinski definition) is 2. The zero-order valence-electron chi connectivity index (χ0n) is 8.11. The van der Waals surface area contributed by atoms with Crippen LogP contribution in [0, 0.1) is 5.82 Å². The van der Waals surface area contributed by atoms with Crippen LogP contribution in [0.4, 0.5) is 4.39 Å². The Morgan fingerprint density at radius 2 is 2.25 bits per heavy atom. The van der Waals surface area contributed by atoms with Crippen molar-refractivity contribution in [2.75, 3.05) is 0 Å². The third-order valence-electron chi connectivity index (χ3n) is 1.94. The third kappa shape index (κ3) is 3.51. The van der Waals surface area contributed by atoms with Gasteiger partial charge in [0, 0.05) is 5.02 Å². The Labute approximate surface area is 96.0 Å². The van der Waals surface area contributed by atoms with Crippen LogP contribution in [-0.2, 0) is 9.59 Å². The molecular formula is C10H9ClFNO3. The van der Waals surface area contributed by atoms with Crippen molar-refractivity contribution >= 4 is 24.0 Å². The molecule has 0 saturated carbocycles. The highest BCUT2D eigenvalue weighted by atomic mass is 35.5. The number of hydrogen-bond donors (Lipinski definition) is 2. The molecule has 0 aliphatic heterocycles. The number of carboxylic acids is 1. The van der Waals surface area contributed by atoms with Crippen molar-refractivity contribution in [3.05, 3.63) is 34.6 Å². The zero-order chi connectivity index (χ0) is 12.1. The van der Waals surface area contributed by atoms with E-state index in [-0.39, 0.29) is 11.4 Å². The van der Waals surface area contributed by atoms with Crippen molar-refractivity contribution in [1.29, 1.82) is 0 Å². The predicted molar refractivity (Wildman–Crippen MR) is 55.6 cm³/mol. The van der Waals surface area contributed by atoms with Gasteiger partial charge in [-0.15, -0.1) is 0 Å². The summed E-state index contributed by atoms with van der Waals surface area (Å²) in [6.45, 7) is 0. The Hall–Kier alpha value is -1.62. The van der Waals surface area contributed by atoms with E-state index in [1.807, 2.05) is 0 Å². The van der Waals surface area contributed by atoms with Gasteiger partial charge in [0.2, 0.25) is 6.41 Å². The normalized spacial score (nSPS) is 11.9. The van der Waals surface area contributed by atoms with Gasteiger partial charge in [-0.2, -0.15) is 0 Å². The Bertz CT molecular complexity index is 391. The highest BCUT2D eigenvalue weighted by molar-refractivity contribution is 6.30. The van der Waals surface area contributed by atoms with Gasteiger partial charge in [0.15, 0.2) is 0 Å². The largest absolute Gasteiger partial charge is 0.481 e. The standard InChI is InChI=1S/C10H9ClFNO3/c11-7-1-6(2-8(12)3-7)9(13-5-14)4-10(15)16/h1-3,5,9H,4H2,(H,13,14)(H,15,16)/t9-/m1/s1. The van der Waals surface area contributed by atoms with Crippen LogP contribution < -0.4 is 5.32 Å². The minimum Gasteiger partial charge on any atom is -0.481 e. The van der Waals surface area contributed by atoms with E-state index in [1.54, 1.807) is 0 Å². The molecule has 86 valence electrons. The molecule has 0 heterocycles. The number of benzene rings is 1. The van der Waals surface area contributed by atoms with Crippen molar-refractivity contribution < 1.29 is 19.1 Å². The number of rotatable bonds is 5. The van der Waals surface area contributed by atoms with Crippen molar-refractivity contribution in [3.8, 4) is 0 Å². The summed E-state index contributed by atoms with van der Waals surface area (Å²) in [5.74, 6) is -1.68. The van der Waals surface area contributed by atoms with Gasteiger partial charge in [-0.3, -0.25) is 9.59 Å². The number of amides is 1. The number of carboxylic acid groups (broad SMARTS) is 1. The van der Waals surface area contributed by atoms with E-state index in [4.69, 9.17) is 16.7 Å². The quantitative estimate of drug-likeness (QED) is 0.777. The number of carbonyl (C=O) groups excluding carboxylic acids is 1. The van der Waals surface area contributed by atoms with Crippen LogP contribution >= 0.6 is 11.6 Å². The van der Waals surface area contributed by atoms with E-state index in [1.165, 1.54) is 6.07 Å². The summed E-state index contributed by atoms with van der Waals surface area (Å²) in [4.78, 5) is 20.9. The summed E-state index contributed by atoms with van der Waals surface area (Å²) in [5.41, 5.74) is 0.319. The molecule has 6 heteroatoms. The highest BCUT2D eigenvalue weighted by Crippen LogP contribution is 2.22. The molecule has 1 atom stereocenters. The minimum atomic E-state index is -1.10. The Balaban J connectivity index is 2.99. The molecule has 0 radical (unpaired) electrons. The molecule has 0 bridgehead atoms. The van der Waals surface area contributed by atoms with Gasteiger partial charge in [0.25, 0.3) is 0 Å². The maximum atomic E-state index is 13.0. The average molecular weight is 246 g/mol. The number of halogens is 2. The molecular weight excluding hydrogens is 237 g/mol. The van der Waals surface area contributed by atoms with Crippen LogP contribution in [-0.4, -0.2) is 17.5 Å². The van der Waals surface area contributed by atoms with Gasteiger partial charge in [-0.05, 0) is 23.8 Å². The molecule has 0 spiro atoms. The minimum absolute atomic E-state index is 0.151. The number of carbonyl (C=O) groups is 2. The molecule has 4 nitrogen and oxygen atoms in total. The van der Waals surface area contributed by atoms with Crippen LogP contribution in [0.1, 0.15) is 18.0 Å². The topological polar surface area (TPSA) is 66.4 Å². The van der Waals surface area contributed by atoms with Gasteiger partial charge in [-0.25, -0.2) is 4.39 Å². The van der Waals surface area contributed by atoms with Crippen molar-refractivity contribution in [1.82, 2.24) is 5.32 Å². The second kappa shape index (κ2) is 5.46. The molecule has 0 aromatic heterocycles. The van der Waals surface area contributed by atoms with Gasteiger partial charge in [-0.1, -0.05) is 11.6 Å². The van der Waals surface area contributed by atoms with E-state index < -0.39 is 17.8 Å². The van der Waals surface area contributed by atoms with E-state index in [2.05, 4.69) is 5.32 Å². The second-order valence-corrected chi connectivity index (χ2v) is 3.57. The second-order valence-electron chi connectivity index (χ2n) is 3.14. The van der Waals surface area contributed by atoms with Crippen LogP contribution in [0.3, 0.4) is 0 Å². The highest BCUT2D eigenvalue weighted by Gasteiger charge is 2.15. The smallest absolute Gasteiger partial charge is 0.305 e. The predicted octanol–water partition coefficient (Wildman–Crippen LogP) is 1.74. The first-order valence-corrected chi connectivity index (χ1v) is 4.78. The molecule has 1 aromatic carbocycles. The number of nitrogens with one attached hydrogen (secondary N) is 1. The summed E-state index contributed by atoms with van der Waals surface area (Å²) in [7, 11) is 0. The first-order chi connectivity index (χ1) is 7.52. The van der Waals surface area contributed by atoms with Gasteiger partial charge in [0.05, 0.1) is 12.5 Å². The maximum Gasteiger partial charge on any atom is 0.305 e. The van der Waals surface area contributed by atoms with E-state index >= 15 is 0 Å². The Kier molecular flexibility index (Phi) is 4.25. The zero-order valence-corrected chi connectivity index (χ0v) is 8.87. The lowest BCUT2D eigenvalue weighted by molar-refractivity contribution is -0.137. The SMILES string of the molecule is O=CN[C@H](CC(=O)O)c1cc(F)cc(Cl)c1. The third-order valence-corrected chi connectivity index (χ3v) is 2.15. The first-order valence-electron chi connectivity index (χ1n) is 4.40. The molecule has 0 unspecified atom stereocenters. The summed E-state index contributed by atoms with van der Waals surface area (Å²) in [6.07, 6.45) is 0.0327. The summed E-state index contributed by atoms with van der Waals surface area (Å²) >= 11 is 5.63. The molecule has 2 N–H and O–H groups in total. The summed E-state index contributed by atoms with van der Waals surface area (Å²) in [5, 5.41) is 11.1. The summed E-state index contributed by atoms with van der Waals surface area (Å²) in [6, 6.07) is 2.86. The monoisotopic (exact) mass is 245 g/mol. The Morgan fingerprint density at radius 1 is 1.56 bits per heavy atom. The van der Waals surface area contributed by atoms with Gasteiger partial charge in [0.1, 0.15) is 5.82 Å². The van der Waals surface area contributed by atoms with Crippen molar-refractivity contribution in [3.63, 3.8) is 0 Å². The Morgan fingerprint density at radius 3 is 2.75 bits per heavy atom. The average Bonchev–Trinajstić information content (AvgIpc) is 2.14.